The van der Waals surface area contributed by atoms with Gasteiger partial charge in [0.05, 0.1) is 12.3 Å². The molecule has 2 N–H and O–H groups in total. The fourth-order valence-electron chi connectivity index (χ4n) is 1.14. The number of nitrogens with zero attached hydrogens (tertiary/aromatic N) is 1. The largest absolute Gasteiger partial charge is 0.375 e. The van der Waals surface area contributed by atoms with E-state index in [0.717, 1.165) is 29.5 Å². The molecule has 0 saturated heterocycles. The van der Waals surface area contributed by atoms with Crippen LogP contribution in [0.5, 0.6) is 0 Å². The molecule has 86 valence electrons. The van der Waals surface area contributed by atoms with Gasteiger partial charge in [0.15, 0.2) is 0 Å². The van der Waals surface area contributed by atoms with Crippen molar-refractivity contribution in [2.45, 2.75) is 26.0 Å². The van der Waals surface area contributed by atoms with E-state index in [4.69, 9.17) is 10.5 Å². The standard InChI is InChI=1S/C10H18N2OS2/c1-3-13-6-10-12-9(7-15-10)8(11)4-5-14-2/h7-8H,3-6,11H2,1-2H3. The molecule has 0 aromatic carbocycles. The van der Waals surface area contributed by atoms with Gasteiger partial charge in [0.2, 0.25) is 0 Å². The minimum absolute atomic E-state index is 0.0732. The van der Waals surface area contributed by atoms with E-state index >= 15 is 0 Å². The minimum Gasteiger partial charge on any atom is -0.375 e. The third-order valence-electron chi connectivity index (χ3n) is 2.01. The molecule has 0 fully saturated rings. The third kappa shape index (κ3) is 4.51. The van der Waals surface area contributed by atoms with E-state index in [0.29, 0.717) is 6.61 Å². The lowest BCUT2D eigenvalue weighted by Crippen LogP contribution is -2.11. The van der Waals surface area contributed by atoms with Crippen molar-refractivity contribution in [2.75, 3.05) is 18.6 Å². The molecule has 0 aliphatic heterocycles. The van der Waals surface area contributed by atoms with Gasteiger partial charge >= 0.3 is 0 Å². The molecule has 1 rings (SSSR count). The maximum atomic E-state index is 6.01. The van der Waals surface area contributed by atoms with Crippen LogP contribution in [0.15, 0.2) is 5.38 Å². The van der Waals surface area contributed by atoms with E-state index in [9.17, 15) is 0 Å². The highest BCUT2D eigenvalue weighted by atomic mass is 32.2. The van der Waals surface area contributed by atoms with Crippen LogP contribution in [0.3, 0.4) is 0 Å². The van der Waals surface area contributed by atoms with Crippen LogP contribution in [0.1, 0.15) is 30.1 Å². The molecular weight excluding hydrogens is 228 g/mol. The smallest absolute Gasteiger partial charge is 0.119 e. The third-order valence-corrected chi connectivity index (χ3v) is 3.50. The molecule has 0 bridgehead atoms. The number of rotatable bonds is 7. The number of ether oxygens (including phenoxy) is 1. The zero-order valence-electron chi connectivity index (χ0n) is 9.23. The van der Waals surface area contributed by atoms with E-state index in [1.807, 2.05) is 24.1 Å². The number of hydrogen-bond donors (Lipinski definition) is 1. The van der Waals surface area contributed by atoms with E-state index < -0.39 is 0 Å². The zero-order valence-corrected chi connectivity index (χ0v) is 10.9. The molecule has 5 heteroatoms. The fraction of sp³-hybridized carbons (Fsp3) is 0.700. The summed E-state index contributed by atoms with van der Waals surface area (Å²) < 4.78 is 5.30. The predicted octanol–water partition coefficient (Wildman–Crippen LogP) is 2.43. The monoisotopic (exact) mass is 246 g/mol. The first-order valence-electron chi connectivity index (χ1n) is 5.04. The Labute approximate surface area is 99.4 Å². The summed E-state index contributed by atoms with van der Waals surface area (Å²) >= 11 is 3.44. The number of nitrogens with two attached hydrogens (primary N) is 1. The topological polar surface area (TPSA) is 48.1 Å². The van der Waals surface area contributed by atoms with Crippen LogP contribution >= 0.6 is 23.1 Å². The summed E-state index contributed by atoms with van der Waals surface area (Å²) in [6.45, 7) is 3.32. The predicted molar refractivity (Wildman–Crippen MR) is 67.4 cm³/mol. The van der Waals surface area contributed by atoms with Crippen LogP contribution in [-0.2, 0) is 11.3 Å². The molecule has 1 heterocycles. The van der Waals surface area contributed by atoms with Crippen LogP contribution in [-0.4, -0.2) is 23.6 Å². The SMILES string of the molecule is CCOCc1nc(C(N)CCSC)cs1. The van der Waals surface area contributed by atoms with Crippen molar-refractivity contribution in [3.8, 4) is 0 Å². The lowest BCUT2D eigenvalue weighted by Gasteiger charge is -2.06. The molecule has 0 amide bonds. The second-order valence-electron chi connectivity index (χ2n) is 3.19. The van der Waals surface area contributed by atoms with Gasteiger partial charge in [-0.15, -0.1) is 11.3 Å². The first-order valence-corrected chi connectivity index (χ1v) is 7.31. The lowest BCUT2D eigenvalue weighted by molar-refractivity contribution is 0.133. The molecule has 1 aromatic heterocycles. The van der Waals surface area contributed by atoms with Crippen LogP contribution in [0.25, 0.3) is 0 Å². The van der Waals surface area contributed by atoms with Gasteiger partial charge in [-0.1, -0.05) is 0 Å². The lowest BCUT2D eigenvalue weighted by atomic mass is 10.2. The molecule has 0 aliphatic carbocycles. The van der Waals surface area contributed by atoms with Gasteiger partial charge < -0.3 is 10.5 Å². The molecule has 3 nitrogen and oxygen atoms in total. The van der Waals surface area contributed by atoms with Gasteiger partial charge in [0.25, 0.3) is 0 Å². The van der Waals surface area contributed by atoms with Crippen LogP contribution in [0.4, 0.5) is 0 Å². The fourth-order valence-corrected chi connectivity index (χ4v) is 2.43. The molecule has 0 aliphatic rings. The quantitative estimate of drug-likeness (QED) is 0.802. The Balaban J connectivity index is 2.43. The normalized spacial score (nSPS) is 13.0. The molecule has 1 atom stereocenters. The van der Waals surface area contributed by atoms with Crippen molar-refractivity contribution >= 4 is 23.1 Å². The Bertz CT molecular complexity index is 278. The average Bonchev–Trinajstić information content (AvgIpc) is 2.71. The maximum absolute atomic E-state index is 6.01. The first-order chi connectivity index (χ1) is 7.27. The highest BCUT2D eigenvalue weighted by Gasteiger charge is 2.09. The average molecular weight is 246 g/mol. The van der Waals surface area contributed by atoms with Gasteiger partial charge in [-0.25, -0.2) is 4.98 Å². The summed E-state index contributed by atoms with van der Waals surface area (Å²) in [5, 5.41) is 3.06. The van der Waals surface area contributed by atoms with E-state index in [1.54, 1.807) is 11.3 Å². The summed E-state index contributed by atoms with van der Waals surface area (Å²) in [5.41, 5.74) is 7.02. The van der Waals surface area contributed by atoms with Gasteiger partial charge in [-0.3, -0.25) is 0 Å². The zero-order chi connectivity index (χ0) is 11.1. The van der Waals surface area contributed by atoms with Crippen LogP contribution < -0.4 is 5.73 Å². The number of hydrogen-bond acceptors (Lipinski definition) is 5. The molecular formula is C10H18N2OS2. The van der Waals surface area contributed by atoms with Crippen molar-refractivity contribution < 1.29 is 4.74 Å². The highest BCUT2D eigenvalue weighted by Crippen LogP contribution is 2.19. The second kappa shape index (κ2) is 7.22. The molecule has 0 saturated carbocycles. The number of aromatic nitrogens is 1. The van der Waals surface area contributed by atoms with Crippen LogP contribution in [0.2, 0.25) is 0 Å². The maximum Gasteiger partial charge on any atom is 0.119 e. The Morgan fingerprint density at radius 2 is 2.47 bits per heavy atom. The molecule has 0 spiro atoms. The van der Waals surface area contributed by atoms with Gasteiger partial charge in [-0.05, 0) is 25.4 Å². The number of thioether (sulfide) groups is 1. The number of thiazole rings is 1. The summed E-state index contributed by atoms with van der Waals surface area (Å²) in [5.74, 6) is 1.08. The Morgan fingerprint density at radius 3 is 3.13 bits per heavy atom. The summed E-state index contributed by atoms with van der Waals surface area (Å²) in [4.78, 5) is 4.46. The van der Waals surface area contributed by atoms with Crippen LogP contribution in [0, 0.1) is 0 Å². The van der Waals surface area contributed by atoms with Crippen molar-refractivity contribution in [1.82, 2.24) is 4.98 Å². The summed E-state index contributed by atoms with van der Waals surface area (Å²) in [7, 11) is 0. The highest BCUT2D eigenvalue weighted by molar-refractivity contribution is 7.98. The molecule has 1 aromatic rings. The van der Waals surface area contributed by atoms with Gasteiger partial charge in [0, 0.05) is 18.0 Å². The Hall–Kier alpha value is -0.100. The molecule has 1 unspecified atom stereocenters. The van der Waals surface area contributed by atoms with Gasteiger partial charge in [0.1, 0.15) is 5.01 Å². The van der Waals surface area contributed by atoms with Crippen molar-refractivity contribution in [3.63, 3.8) is 0 Å². The van der Waals surface area contributed by atoms with E-state index in [2.05, 4.69) is 11.2 Å². The molecule has 0 radical (unpaired) electrons. The summed E-state index contributed by atoms with van der Waals surface area (Å²) in [6.07, 6.45) is 3.08. The Kier molecular flexibility index (Phi) is 6.24. The second-order valence-corrected chi connectivity index (χ2v) is 5.12. The Morgan fingerprint density at radius 1 is 1.67 bits per heavy atom. The van der Waals surface area contributed by atoms with E-state index in [1.165, 1.54) is 0 Å². The molecule has 15 heavy (non-hydrogen) atoms. The van der Waals surface area contributed by atoms with Crippen molar-refractivity contribution in [2.24, 2.45) is 5.73 Å². The van der Waals surface area contributed by atoms with Gasteiger partial charge in [-0.2, -0.15) is 11.8 Å². The van der Waals surface area contributed by atoms with Crippen molar-refractivity contribution in [1.29, 1.82) is 0 Å². The summed E-state index contributed by atoms with van der Waals surface area (Å²) in [6, 6.07) is 0.0732. The minimum atomic E-state index is 0.0732. The first kappa shape index (κ1) is 13.0. The van der Waals surface area contributed by atoms with Crippen molar-refractivity contribution in [3.05, 3.63) is 16.1 Å². The van der Waals surface area contributed by atoms with E-state index in [-0.39, 0.29) is 6.04 Å².